The molecule has 0 radical (unpaired) electrons. The van der Waals surface area contributed by atoms with Crippen molar-refractivity contribution < 1.29 is 9.59 Å². The van der Waals surface area contributed by atoms with Crippen molar-refractivity contribution in [2.75, 3.05) is 6.54 Å². The van der Waals surface area contributed by atoms with Crippen molar-refractivity contribution >= 4 is 28.7 Å². The predicted octanol–water partition coefficient (Wildman–Crippen LogP) is 2.84. The third-order valence-electron chi connectivity index (χ3n) is 5.98. The van der Waals surface area contributed by atoms with E-state index in [1.54, 1.807) is 34.3 Å². The number of amides is 2. The van der Waals surface area contributed by atoms with Gasteiger partial charge in [-0.05, 0) is 47.4 Å². The highest BCUT2D eigenvalue weighted by Crippen LogP contribution is 2.46. The maximum Gasteiger partial charge on any atom is 0.253 e. The number of nitriles is 1. The molecule has 2 N–H and O–H groups in total. The topological polar surface area (TPSA) is 99.3 Å². The van der Waals surface area contributed by atoms with E-state index in [1.165, 1.54) is 11.3 Å². The zero-order chi connectivity index (χ0) is 20.6. The van der Waals surface area contributed by atoms with Gasteiger partial charge in [-0.3, -0.25) is 9.59 Å². The summed E-state index contributed by atoms with van der Waals surface area (Å²) < 4.78 is 1.68. The zero-order valence-corrected chi connectivity index (χ0v) is 17.0. The molecule has 1 aliphatic carbocycles. The minimum absolute atomic E-state index is 0.0240. The van der Waals surface area contributed by atoms with E-state index in [0.29, 0.717) is 22.5 Å². The van der Waals surface area contributed by atoms with Crippen LogP contribution in [0.15, 0.2) is 42.0 Å². The van der Waals surface area contributed by atoms with Gasteiger partial charge in [0.1, 0.15) is 10.9 Å². The lowest BCUT2D eigenvalue weighted by Gasteiger charge is -2.52. The summed E-state index contributed by atoms with van der Waals surface area (Å²) in [7, 11) is 0. The number of hydrogen-bond acceptors (Lipinski definition) is 5. The van der Waals surface area contributed by atoms with E-state index in [-0.39, 0.29) is 29.2 Å². The van der Waals surface area contributed by atoms with Crippen molar-refractivity contribution in [3.05, 3.63) is 58.0 Å². The van der Waals surface area contributed by atoms with Gasteiger partial charge in [0, 0.05) is 18.8 Å². The molecule has 7 nitrogen and oxygen atoms in total. The molecular weight excluding hydrogens is 386 g/mol. The monoisotopic (exact) mass is 407 g/mol. The van der Waals surface area contributed by atoms with Crippen LogP contribution in [0.3, 0.4) is 0 Å². The Balaban J connectivity index is 1.36. The Morgan fingerprint density at radius 1 is 1.31 bits per heavy atom. The van der Waals surface area contributed by atoms with Crippen LogP contribution in [-0.2, 0) is 0 Å². The molecule has 0 spiro atoms. The first-order valence-electron chi connectivity index (χ1n) is 9.41. The molecule has 1 fully saturated rings. The molecule has 0 aromatic carbocycles. The van der Waals surface area contributed by atoms with Gasteiger partial charge in [0.05, 0.1) is 22.8 Å². The van der Waals surface area contributed by atoms with Gasteiger partial charge in [0.15, 0.2) is 0 Å². The van der Waals surface area contributed by atoms with Gasteiger partial charge in [0.25, 0.3) is 11.8 Å². The third kappa shape index (κ3) is 3.38. The second kappa shape index (κ2) is 7.33. The van der Waals surface area contributed by atoms with Gasteiger partial charge in [-0.2, -0.15) is 10.4 Å². The first-order chi connectivity index (χ1) is 13.9. The van der Waals surface area contributed by atoms with Crippen LogP contribution in [0, 0.1) is 22.7 Å². The third-order valence-corrected chi connectivity index (χ3v) is 6.80. The molecule has 3 aromatic rings. The number of fused-ring (bicyclic) bond motifs is 1. The Labute approximate surface area is 172 Å². The van der Waals surface area contributed by atoms with Gasteiger partial charge < -0.3 is 10.6 Å². The Bertz CT molecular complexity index is 1120. The Kier molecular flexibility index (Phi) is 4.84. The number of nitrogens with one attached hydrogen (secondary N) is 2. The number of rotatable bonds is 5. The van der Waals surface area contributed by atoms with Crippen molar-refractivity contribution in [1.29, 1.82) is 5.26 Å². The summed E-state index contributed by atoms with van der Waals surface area (Å²) in [4.78, 5) is 25.6. The van der Waals surface area contributed by atoms with E-state index in [9.17, 15) is 9.59 Å². The van der Waals surface area contributed by atoms with E-state index < -0.39 is 0 Å². The number of thiophene rings is 1. The second-order valence-corrected chi connectivity index (χ2v) is 8.76. The molecule has 29 heavy (non-hydrogen) atoms. The van der Waals surface area contributed by atoms with Crippen LogP contribution >= 0.6 is 11.3 Å². The van der Waals surface area contributed by atoms with Crippen LogP contribution < -0.4 is 10.6 Å². The van der Waals surface area contributed by atoms with Crippen LogP contribution in [0.1, 0.15) is 45.9 Å². The molecule has 8 heteroatoms. The van der Waals surface area contributed by atoms with Crippen molar-refractivity contribution in [2.45, 2.75) is 26.3 Å². The molecular formula is C21H21N5O2S. The van der Waals surface area contributed by atoms with Crippen LogP contribution in [-0.4, -0.2) is 34.0 Å². The lowest BCUT2D eigenvalue weighted by molar-refractivity contribution is 0.0150. The Hall–Kier alpha value is -3.18. The number of hydrogen-bond donors (Lipinski definition) is 2. The normalized spacial score (nSPS) is 19.9. The largest absolute Gasteiger partial charge is 0.352 e. The van der Waals surface area contributed by atoms with Crippen LogP contribution in [0.25, 0.3) is 5.52 Å². The van der Waals surface area contributed by atoms with Crippen LogP contribution in [0.4, 0.5) is 0 Å². The predicted molar refractivity (Wildman–Crippen MR) is 110 cm³/mol. The molecule has 0 saturated heterocycles. The zero-order valence-electron chi connectivity index (χ0n) is 16.2. The van der Waals surface area contributed by atoms with Crippen LogP contribution in [0.2, 0.25) is 0 Å². The first-order valence-corrected chi connectivity index (χ1v) is 10.3. The molecule has 2 atom stereocenters. The highest BCUT2D eigenvalue weighted by atomic mass is 32.1. The van der Waals surface area contributed by atoms with Crippen LogP contribution in [0.5, 0.6) is 0 Å². The molecule has 4 rings (SSSR count). The molecule has 1 saturated carbocycles. The number of carbonyl (C=O) groups excluding carboxylic acids is 2. The summed E-state index contributed by atoms with van der Waals surface area (Å²) >= 11 is 1.26. The summed E-state index contributed by atoms with van der Waals surface area (Å²) in [6.45, 7) is 4.71. The lowest BCUT2D eigenvalue weighted by atomic mass is 9.58. The summed E-state index contributed by atoms with van der Waals surface area (Å²) in [5, 5.41) is 21.1. The van der Waals surface area contributed by atoms with Gasteiger partial charge in [0.2, 0.25) is 0 Å². The minimum Gasteiger partial charge on any atom is -0.352 e. The van der Waals surface area contributed by atoms with E-state index >= 15 is 0 Å². The quantitative estimate of drug-likeness (QED) is 0.679. The lowest BCUT2D eigenvalue weighted by Crippen LogP contribution is -2.60. The second-order valence-electron chi connectivity index (χ2n) is 7.85. The highest BCUT2D eigenvalue weighted by molar-refractivity contribution is 7.10. The van der Waals surface area contributed by atoms with Gasteiger partial charge in [-0.15, -0.1) is 11.3 Å². The molecule has 2 unspecified atom stereocenters. The fourth-order valence-electron chi connectivity index (χ4n) is 3.87. The summed E-state index contributed by atoms with van der Waals surface area (Å²) in [5.41, 5.74) is 1.64. The van der Waals surface area contributed by atoms with E-state index in [2.05, 4.69) is 29.6 Å². The molecule has 1 aliphatic rings. The summed E-state index contributed by atoms with van der Waals surface area (Å²) in [6.07, 6.45) is 4.27. The molecule has 2 amide bonds. The van der Waals surface area contributed by atoms with Gasteiger partial charge in [-0.25, -0.2) is 4.52 Å². The highest BCUT2D eigenvalue weighted by Gasteiger charge is 2.48. The smallest absolute Gasteiger partial charge is 0.253 e. The maximum atomic E-state index is 12.8. The molecule has 0 bridgehead atoms. The average molecular weight is 407 g/mol. The van der Waals surface area contributed by atoms with Crippen molar-refractivity contribution in [2.24, 2.45) is 11.3 Å². The van der Waals surface area contributed by atoms with Gasteiger partial charge in [-0.1, -0.05) is 13.8 Å². The Morgan fingerprint density at radius 2 is 2.14 bits per heavy atom. The number of nitrogens with zero attached hydrogens (tertiary/aromatic N) is 3. The van der Waals surface area contributed by atoms with Crippen molar-refractivity contribution in [3.8, 4) is 6.07 Å². The maximum absolute atomic E-state index is 12.8. The fraction of sp³-hybridized carbons (Fsp3) is 0.333. The van der Waals surface area contributed by atoms with Crippen molar-refractivity contribution in [3.63, 3.8) is 0 Å². The molecule has 3 aromatic heterocycles. The van der Waals surface area contributed by atoms with E-state index in [1.807, 2.05) is 18.3 Å². The van der Waals surface area contributed by atoms with E-state index in [0.717, 1.165) is 11.9 Å². The molecule has 148 valence electrons. The van der Waals surface area contributed by atoms with E-state index in [4.69, 9.17) is 5.26 Å². The average Bonchev–Trinajstić information content (AvgIpc) is 3.38. The first kappa shape index (κ1) is 19.2. The molecule has 3 heterocycles. The fourth-order valence-corrected chi connectivity index (χ4v) is 4.55. The standard InChI is InChI=1S/C21H21N5O2S/c1-21(2)13(12-23-19(27)15-6-9-29-17(15)11-22)10-18(21)25-20(28)14-4-3-8-26-16(14)5-7-24-26/h3-9,13,18H,10,12H2,1-2H3,(H,23,27)(H,25,28). The molecule has 0 aliphatic heterocycles. The Morgan fingerprint density at radius 3 is 2.90 bits per heavy atom. The number of aromatic nitrogens is 2. The SMILES string of the molecule is CC1(C)C(CNC(=O)c2ccsc2C#N)CC1NC(=O)c1cccn2nccc12. The summed E-state index contributed by atoms with van der Waals surface area (Å²) in [6, 6.07) is 9.16. The van der Waals surface area contributed by atoms with Crippen molar-refractivity contribution in [1.82, 2.24) is 20.2 Å². The number of carbonyl (C=O) groups is 2. The number of pyridine rings is 1. The summed E-state index contributed by atoms with van der Waals surface area (Å²) in [5.74, 6) is -0.0984. The van der Waals surface area contributed by atoms with Gasteiger partial charge >= 0.3 is 0 Å². The minimum atomic E-state index is -0.224.